The van der Waals surface area contributed by atoms with Crippen molar-refractivity contribution >= 4 is 17.1 Å². The van der Waals surface area contributed by atoms with Crippen molar-refractivity contribution in [3.63, 3.8) is 0 Å². The first kappa shape index (κ1) is 22.1. The van der Waals surface area contributed by atoms with Crippen LogP contribution in [0.25, 0.3) is 11.2 Å². The number of aromatic amines is 1. The van der Waals surface area contributed by atoms with Crippen molar-refractivity contribution in [3.05, 3.63) is 50.4 Å². The van der Waals surface area contributed by atoms with Gasteiger partial charge in [0.2, 0.25) is 0 Å². The molecule has 2 aromatic heterocycles. The van der Waals surface area contributed by atoms with Crippen molar-refractivity contribution in [2.45, 2.75) is 39.3 Å². The molecule has 0 fully saturated rings. The average Bonchev–Trinajstić information content (AvgIpc) is 3.08. The van der Waals surface area contributed by atoms with Crippen LogP contribution in [0.4, 0.5) is 0 Å². The van der Waals surface area contributed by atoms with Gasteiger partial charge in [-0.3, -0.25) is 19.1 Å². The Hall–Kier alpha value is -3.56. The Morgan fingerprint density at radius 2 is 1.90 bits per heavy atom. The van der Waals surface area contributed by atoms with E-state index in [4.69, 9.17) is 14.2 Å². The Morgan fingerprint density at radius 3 is 2.58 bits per heavy atom. The maximum Gasteiger partial charge on any atom is 0.330 e. The molecule has 166 valence electrons. The van der Waals surface area contributed by atoms with Gasteiger partial charge in [-0.1, -0.05) is 19.4 Å². The minimum absolute atomic E-state index is 0.0338. The van der Waals surface area contributed by atoms with Crippen LogP contribution in [0.1, 0.15) is 31.2 Å². The molecule has 10 nitrogen and oxygen atoms in total. The van der Waals surface area contributed by atoms with Crippen LogP contribution in [0.5, 0.6) is 11.5 Å². The molecule has 1 N–H and O–H groups in total. The number of unbranched alkanes of at least 4 members (excludes halogenated alkanes) is 1. The van der Waals surface area contributed by atoms with Crippen molar-refractivity contribution in [1.82, 2.24) is 19.1 Å². The van der Waals surface area contributed by atoms with Crippen LogP contribution in [0.3, 0.4) is 0 Å². The van der Waals surface area contributed by atoms with Gasteiger partial charge in [-0.15, -0.1) is 0 Å². The number of fused-ring (bicyclic) bond motifs is 1. The van der Waals surface area contributed by atoms with Gasteiger partial charge in [0.05, 0.1) is 20.6 Å². The second-order valence-corrected chi connectivity index (χ2v) is 7.05. The van der Waals surface area contributed by atoms with Crippen molar-refractivity contribution in [2.24, 2.45) is 7.05 Å². The van der Waals surface area contributed by atoms with Gasteiger partial charge in [-0.2, -0.15) is 0 Å². The van der Waals surface area contributed by atoms with Crippen molar-refractivity contribution in [1.29, 1.82) is 0 Å². The van der Waals surface area contributed by atoms with Gasteiger partial charge in [-0.25, -0.2) is 9.78 Å². The number of benzene rings is 1. The molecule has 0 radical (unpaired) electrons. The zero-order valence-electron chi connectivity index (χ0n) is 18.1. The van der Waals surface area contributed by atoms with Crippen molar-refractivity contribution < 1.29 is 19.0 Å². The fraction of sp³-hybridized carbons (Fsp3) is 0.429. The predicted molar refractivity (Wildman–Crippen MR) is 114 cm³/mol. The third kappa shape index (κ3) is 4.62. The average molecular weight is 430 g/mol. The zero-order chi connectivity index (χ0) is 22.5. The fourth-order valence-corrected chi connectivity index (χ4v) is 3.30. The highest BCUT2D eigenvalue weighted by molar-refractivity contribution is 5.73. The van der Waals surface area contributed by atoms with Gasteiger partial charge >= 0.3 is 11.7 Å². The number of aryl methyl sites for hydroxylation is 2. The maximum atomic E-state index is 12.3. The Balaban J connectivity index is 1.78. The lowest BCUT2D eigenvalue weighted by atomic mass is 10.1. The molecule has 1 aromatic carbocycles. The largest absolute Gasteiger partial charge is 0.493 e. The summed E-state index contributed by atoms with van der Waals surface area (Å²) in [6, 6.07) is 5.18. The molecule has 31 heavy (non-hydrogen) atoms. The minimum atomic E-state index is -0.523. The summed E-state index contributed by atoms with van der Waals surface area (Å²) in [6.07, 6.45) is 1.69. The first-order chi connectivity index (χ1) is 14.9. The molecule has 3 aromatic rings. The number of carbonyl (C=O) groups is 1. The van der Waals surface area contributed by atoms with Crippen LogP contribution in [0.15, 0.2) is 27.8 Å². The highest BCUT2D eigenvalue weighted by Gasteiger charge is 2.18. The lowest BCUT2D eigenvalue weighted by Crippen LogP contribution is -2.31. The van der Waals surface area contributed by atoms with Gasteiger partial charge in [0.1, 0.15) is 12.4 Å². The second-order valence-electron chi connectivity index (χ2n) is 7.05. The van der Waals surface area contributed by atoms with Crippen LogP contribution < -0.4 is 20.7 Å². The quantitative estimate of drug-likeness (QED) is 0.512. The zero-order valence-corrected chi connectivity index (χ0v) is 18.1. The molecule has 0 amide bonds. The van der Waals surface area contributed by atoms with E-state index in [1.165, 1.54) is 18.8 Å². The van der Waals surface area contributed by atoms with E-state index in [0.717, 1.165) is 12.8 Å². The highest BCUT2D eigenvalue weighted by Crippen LogP contribution is 2.27. The fourth-order valence-electron chi connectivity index (χ4n) is 3.30. The van der Waals surface area contributed by atoms with E-state index in [-0.39, 0.29) is 24.2 Å². The van der Waals surface area contributed by atoms with E-state index in [0.29, 0.717) is 29.4 Å². The lowest BCUT2D eigenvalue weighted by Gasteiger charge is -2.09. The summed E-state index contributed by atoms with van der Waals surface area (Å²) in [5.41, 5.74) is 0.237. The normalized spacial score (nSPS) is 11.0. The summed E-state index contributed by atoms with van der Waals surface area (Å²) in [5, 5.41) is 0. The van der Waals surface area contributed by atoms with Gasteiger partial charge in [0.15, 0.2) is 22.7 Å². The number of aromatic nitrogens is 4. The summed E-state index contributed by atoms with van der Waals surface area (Å²) >= 11 is 0. The number of rotatable bonds is 9. The van der Waals surface area contributed by atoms with E-state index < -0.39 is 17.2 Å². The Morgan fingerprint density at radius 1 is 1.16 bits per heavy atom. The maximum absolute atomic E-state index is 12.3. The standard InChI is InChI=1S/C21H26N4O6/c1-5-6-9-25-19-18(20(27)23-21(25)28)24(2)16(22-19)12-31-17(26)11-13-7-8-14(29-3)15(10-13)30-4/h7-8,10H,5-6,9,11-12H2,1-4H3,(H,23,27,28). The number of esters is 1. The molecule has 0 aliphatic carbocycles. The molecule has 0 bridgehead atoms. The number of imidazole rings is 1. The Labute approximate surface area is 178 Å². The lowest BCUT2D eigenvalue weighted by molar-refractivity contribution is -0.144. The molecule has 0 unspecified atom stereocenters. The summed E-state index contributed by atoms with van der Waals surface area (Å²) in [5.74, 6) is 1.000. The number of hydrogen-bond donors (Lipinski definition) is 1. The van der Waals surface area contributed by atoms with E-state index in [2.05, 4.69) is 9.97 Å². The van der Waals surface area contributed by atoms with Crippen LogP contribution in [0, 0.1) is 0 Å². The third-order valence-corrected chi connectivity index (χ3v) is 5.00. The van der Waals surface area contributed by atoms with Crippen molar-refractivity contribution in [3.8, 4) is 11.5 Å². The van der Waals surface area contributed by atoms with Crippen LogP contribution in [-0.4, -0.2) is 39.3 Å². The molecular weight excluding hydrogens is 404 g/mol. The highest BCUT2D eigenvalue weighted by atomic mass is 16.5. The molecule has 3 rings (SSSR count). The predicted octanol–water partition coefficient (Wildman–Crippen LogP) is 1.53. The van der Waals surface area contributed by atoms with Gasteiger partial charge in [0, 0.05) is 13.6 Å². The van der Waals surface area contributed by atoms with E-state index >= 15 is 0 Å². The number of nitrogens with zero attached hydrogens (tertiary/aromatic N) is 3. The monoisotopic (exact) mass is 430 g/mol. The number of H-pyrrole nitrogens is 1. The molecule has 0 atom stereocenters. The minimum Gasteiger partial charge on any atom is -0.493 e. The number of hydrogen-bond acceptors (Lipinski definition) is 7. The smallest absolute Gasteiger partial charge is 0.330 e. The SMILES string of the molecule is CCCCn1c(=O)[nH]c(=O)c2c1nc(COC(=O)Cc1ccc(OC)c(OC)c1)n2C. The Kier molecular flexibility index (Phi) is 6.78. The summed E-state index contributed by atoms with van der Waals surface area (Å²) in [6.45, 7) is 2.33. The number of nitrogens with one attached hydrogen (secondary N) is 1. The van der Waals surface area contributed by atoms with E-state index in [1.807, 2.05) is 6.92 Å². The number of carbonyl (C=O) groups excluding carboxylic acids is 1. The summed E-state index contributed by atoms with van der Waals surface area (Å²) in [7, 11) is 4.71. The molecule has 0 aliphatic rings. The molecular formula is C21H26N4O6. The summed E-state index contributed by atoms with van der Waals surface area (Å²) < 4.78 is 18.8. The number of methoxy groups -OCH3 is 2. The second kappa shape index (κ2) is 9.50. The molecule has 0 saturated heterocycles. The molecule has 0 spiro atoms. The first-order valence-electron chi connectivity index (χ1n) is 9.94. The van der Waals surface area contributed by atoms with Gasteiger partial charge in [-0.05, 0) is 24.1 Å². The van der Waals surface area contributed by atoms with Crippen molar-refractivity contribution in [2.75, 3.05) is 14.2 Å². The van der Waals surface area contributed by atoms with Crippen LogP contribution in [0.2, 0.25) is 0 Å². The van der Waals surface area contributed by atoms with E-state index in [9.17, 15) is 14.4 Å². The van der Waals surface area contributed by atoms with E-state index in [1.54, 1.807) is 29.8 Å². The van der Waals surface area contributed by atoms with Gasteiger partial charge < -0.3 is 18.8 Å². The topological polar surface area (TPSA) is 117 Å². The first-order valence-corrected chi connectivity index (χ1v) is 9.94. The third-order valence-electron chi connectivity index (χ3n) is 5.00. The van der Waals surface area contributed by atoms with Crippen LogP contribution >= 0.6 is 0 Å². The molecule has 10 heteroatoms. The summed E-state index contributed by atoms with van der Waals surface area (Å²) in [4.78, 5) is 43.6. The molecule has 0 aliphatic heterocycles. The Bertz CT molecular complexity index is 1210. The molecule has 0 saturated carbocycles. The van der Waals surface area contributed by atoms with Gasteiger partial charge in [0.25, 0.3) is 5.56 Å². The van der Waals surface area contributed by atoms with Crippen LogP contribution in [-0.2, 0) is 36.2 Å². The number of ether oxygens (including phenoxy) is 3. The molecule has 2 heterocycles.